The molecular weight excluding hydrogens is 370 g/mol. The van der Waals surface area contributed by atoms with Crippen LogP contribution in [0.3, 0.4) is 0 Å². The maximum atomic E-state index is 12.3. The summed E-state index contributed by atoms with van der Waals surface area (Å²) in [6.07, 6.45) is 0.181. The van der Waals surface area contributed by atoms with Crippen LogP contribution >= 0.6 is 15.9 Å². The van der Waals surface area contributed by atoms with Crippen LogP contribution in [-0.2, 0) is 11.2 Å². The lowest BCUT2D eigenvalue weighted by molar-refractivity contribution is -0.115. The topological polar surface area (TPSA) is 66.4 Å². The van der Waals surface area contributed by atoms with E-state index in [0.717, 1.165) is 16.3 Å². The Morgan fingerprint density at radius 2 is 1.71 bits per heavy atom. The van der Waals surface area contributed by atoms with Crippen LogP contribution in [0.25, 0.3) is 10.8 Å². The number of carbonyl (C=O) groups is 2. The largest absolute Gasteiger partial charge is 0.478 e. The van der Waals surface area contributed by atoms with Crippen LogP contribution in [0.1, 0.15) is 15.9 Å². The van der Waals surface area contributed by atoms with E-state index in [9.17, 15) is 14.7 Å². The van der Waals surface area contributed by atoms with Gasteiger partial charge >= 0.3 is 5.97 Å². The van der Waals surface area contributed by atoms with Gasteiger partial charge in [-0.1, -0.05) is 58.4 Å². The van der Waals surface area contributed by atoms with Gasteiger partial charge in [0, 0.05) is 4.47 Å². The lowest BCUT2D eigenvalue weighted by Gasteiger charge is -2.09. The van der Waals surface area contributed by atoms with Crippen molar-refractivity contribution in [3.8, 4) is 0 Å². The van der Waals surface area contributed by atoms with Crippen LogP contribution in [-0.4, -0.2) is 17.0 Å². The summed E-state index contributed by atoms with van der Waals surface area (Å²) >= 11 is 3.23. The van der Waals surface area contributed by atoms with Crippen LogP contribution < -0.4 is 5.32 Å². The van der Waals surface area contributed by atoms with Crippen molar-refractivity contribution in [2.24, 2.45) is 0 Å². The van der Waals surface area contributed by atoms with E-state index >= 15 is 0 Å². The first-order valence-corrected chi connectivity index (χ1v) is 8.12. The third-order valence-corrected chi connectivity index (χ3v) is 4.16. The second kappa shape index (κ2) is 6.84. The first kappa shape index (κ1) is 16.2. The highest BCUT2D eigenvalue weighted by Gasteiger charge is 2.13. The number of carboxylic acid groups (broad SMARTS) is 1. The van der Waals surface area contributed by atoms with Gasteiger partial charge in [-0.3, -0.25) is 4.79 Å². The molecule has 0 aliphatic rings. The Morgan fingerprint density at radius 1 is 0.958 bits per heavy atom. The Bertz CT molecular complexity index is 937. The van der Waals surface area contributed by atoms with E-state index in [-0.39, 0.29) is 23.6 Å². The van der Waals surface area contributed by atoms with E-state index in [1.165, 1.54) is 6.07 Å². The number of halogens is 1. The number of rotatable bonds is 4. The van der Waals surface area contributed by atoms with Gasteiger partial charge in [0.1, 0.15) is 0 Å². The van der Waals surface area contributed by atoms with Crippen LogP contribution in [0.2, 0.25) is 0 Å². The molecule has 24 heavy (non-hydrogen) atoms. The molecule has 0 aliphatic heterocycles. The van der Waals surface area contributed by atoms with E-state index in [2.05, 4.69) is 21.2 Å². The van der Waals surface area contributed by atoms with Gasteiger partial charge in [0.2, 0.25) is 5.91 Å². The first-order chi connectivity index (χ1) is 11.5. The minimum atomic E-state index is -1.09. The van der Waals surface area contributed by atoms with E-state index in [4.69, 9.17) is 0 Å². The molecule has 0 fully saturated rings. The van der Waals surface area contributed by atoms with Crippen molar-refractivity contribution in [3.63, 3.8) is 0 Å². The number of carbonyl (C=O) groups excluding carboxylic acids is 1. The average Bonchev–Trinajstić information content (AvgIpc) is 2.56. The van der Waals surface area contributed by atoms with Gasteiger partial charge in [-0.2, -0.15) is 0 Å². The molecule has 0 radical (unpaired) electrons. The Morgan fingerprint density at radius 3 is 2.46 bits per heavy atom. The average molecular weight is 384 g/mol. The molecule has 120 valence electrons. The van der Waals surface area contributed by atoms with Gasteiger partial charge in [-0.05, 0) is 34.5 Å². The Kier molecular flexibility index (Phi) is 4.62. The lowest BCUT2D eigenvalue weighted by Crippen LogP contribution is -2.16. The van der Waals surface area contributed by atoms with Crippen molar-refractivity contribution in [3.05, 3.63) is 76.3 Å². The third kappa shape index (κ3) is 3.63. The summed E-state index contributed by atoms with van der Waals surface area (Å²) in [6.45, 7) is 0. The summed E-state index contributed by atoms with van der Waals surface area (Å²) in [5, 5.41) is 14.1. The van der Waals surface area contributed by atoms with Gasteiger partial charge in [0.25, 0.3) is 0 Å². The lowest BCUT2D eigenvalue weighted by atomic mass is 10.0. The highest BCUT2D eigenvalue weighted by Crippen LogP contribution is 2.22. The third-order valence-electron chi connectivity index (χ3n) is 3.66. The molecule has 0 unspecified atom stereocenters. The molecule has 0 aliphatic carbocycles. The fraction of sp³-hybridized carbons (Fsp3) is 0.0526. The summed E-state index contributed by atoms with van der Waals surface area (Å²) in [6, 6.07) is 18.5. The number of carboxylic acids is 1. The van der Waals surface area contributed by atoms with Gasteiger partial charge in [0.15, 0.2) is 0 Å². The second-order valence-electron chi connectivity index (χ2n) is 5.40. The van der Waals surface area contributed by atoms with Crippen LogP contribution in [0.15, 0.2) is 65.1 Å². The zero-order valence-electron chi connectivity index (χ0n) is 12.6. The molecule has 0 aromatic heterocycles. The maximum Gasteiger partial charge on any atom is 0.337 e. The normalized spacial score (nSPS) is 10.5. The second-order valence-corrected chi connectivity index (χ2v) is 6.32. The highest BCUT2D eigenvalue weighted by molar-refractivity contribution is 9.10. The van der Waals surface area contributed by atoms with Crippen LogP contribution in [0, 0.1) is 0 Å². The number of anilines is 1. The van der Waals surface area contributed by atoms with Gasteiger partial charge in [0.05, 0.1) is 17.7 Å². The Labute approximate surface area is 147 Å². The van der Waals surface area contributed by atoms with Crippen molar-refractivity contribution < 1.29 is 14.7 Å². The first-order valence-electron chi connectivity index (χ1n) is 7.33. The molecule has 0 bridgehead atoms. The van der Waals surface area contributed by atoms with Crippen LogP contribution in [0.4, 0.5) is 5.69 Å². The van der Waals surface area contributed by atoms with Crippen LogP contribution in [0.5, 0.6) is 0 Å². The number of hydrogen-bond acceptors (Lipinski definition) is 2. The molecule has 1 amide bonds. The van der Waals surface area contributed by atoms with Crippen molar-refractivity contribution in [1.29, 1.82) is 0 Å². The molecule has 0 atom stereocenters. The molecular formula is C19H14BrNO3. The van der Waals surface area contributed by atoms with E-state index in [1.807, 2.05) is 42.5 Å². The molecule has 0 saturated heterocycles. The smallest absolute Gasteiger partial charge is 0.337 e. The SMILES string of the molecule is O=C(Cc1ccc2ccccc2c1)Nc1ccc(Br)cc1C(=O)O. The number of aromatic carboxylic acids is 1. The van der Waals surface area contributed by atoms with Gasteiger partial charge in [-0.15, -0.1) is 0 Å². The fourth-order valence-corrected chi connectivity index (χ4v) is 2.89. The number of fused-ring (bicyclic) bond motifs is 1. The molecule has 0 spiro atoms. The van der Waals surface area contributed by atoms with Gasteiger partial charge < -0.3 is 10.4 Å². The highest BCUT2D eigenvalue weighted by atomic mass is 79.9. The quantitative estimate of drug-likeness (QED) is 0.697. The number of benzene rings is 3. The van der Waals surface area contributed by atoms with Crippen molar-refractivity contribution in [2.75, 3.05) is 5.32 Å². The summed E-state index contributed by atoms with van der Waals surface area (Å²) in [5.41, 5.74) is 1.22. The summed E-state index contributed by atoms with van der Waals surface area (Å²) in [7, 11) is 0. The predicted octanol–water partition coefficient (Wildman–Crippen LogP) is 4.48. The summed E-state index contributed by atoms with van der Waals surface area (Å²) in [4.78, 5) is 23.6. The maximum absolute atomic E-state index is 12.3. The van der Waals surface area contributed by atoms with E-state index in [0.29, 0.717) is 4.47 Å². The van der Waals surface area contributed by atoms with Crippen molar-refractivity contribution in [2.45, 2.75) is 6.42 Å². The molecule has 5 heteroatoms. The van der Waals surface area contributed by atoms with E-state index < -0.39 is 5.97 Å². The standard InChI is InChI=1S/C19H14BrNO3/c20-15-7-8-17(16(11-15)19(23)24)21-18(22)10-12-5-6-13-3-1-2-4-14(13)9-12/h1-9,11H,10H2,(H,21,22)(H,23,24). The number of nitrogens with one attached hydrogen (secondary N) is 1. The molecule has 0 saturated carbocycles. The molecule has 3 aromatic rings. The summed E-state index contributed by atoms with van der Waals surface area (Å²) < 4.78 is 0.646. The van der Waals surface area contributed by atoms with E-state index in [1.54, 1.807) is 12.1 Å². The number of hydrogen-bond donors (Lipinski definition) is 2. The Balaban J connectivity index is 1.79. The molecule has 3 aromatic carbocycles. The monoisotopic (exact) mass is 383 g/mol. The fourth-order valence-electron chi connectivity index (χ4n) is 2.53. The van der Waals surface area contributed by atoms with Crippen molar-refractivity contribution in [1.82, 2.24) is 0 Å². The molecule has 4 nitrogen and oxygen atoms in total. The van der Waals surface area contributed by atoms with Crippen molar-refractivity contribution >= 4 is 44.3 Å². The Hall–Kier alpha value is -2.66. The minimum absolute atomic E-state index is 0.0521. The molecule has 0 heterocycles. The predicted molar refractivity (Wildman–Crippen MR) is 97.4 cm³/mol. The summed E-state index contributed by atoms with van der Waals surface area (Å²) in [5.74, 6) is -1.34. The molecule has 2 N–H and O–H groups in total. The minimum Gasteiger partial charge on any atom is -0.478 e. The zero-order chi connectivity index (χ0) is 17.1. The number of amides is 1. The van der Waals surface area contributed by atoms with Gasteiger partial charge in [-0.25, -0.2) is 4.79 Å². The zero-order valence-corrected chi connectivity index (χ0v) is 14.2. The molecule has 3 rings (SSSR count).